The largest absolute Gasteiger partial charge is 0.326 e. The number of nitrogens with one attached hydrogen (secondary N) is 1. The van der Waals surface area contributed by atoms with Gasteiger partial charge in [-0.15, -0.1) is 0 Å². The highest BCUT2D eigenvalue weighted by Crippen LogP contribution is 2.50. The maximum Gasteiger partial charge on any atom is 0.0253 e. The molecule has 3 N–H and O–H groups in total. The number of rotatable bonds is 0. The van der Waals surface area contributed by atoms with Crippen LogP contribution in [0.15, 0.2) is 0 Å². The van der Waals surface area contributed by atoms with Crippen LogP contribution in [0.2, 0.25) is 0 Å². The van der Waals surface area contributed by atoms with E-state index in [9.17, 15) is 0 Å². The Bertz CT molecular complexity index is 167. The van der Waals surface area contributed by atoms with Crippen LogP contribution in [-0.2, 0) is 0 Å². The average Bonchev–Trinajstić information content (AvgIpc) is 2.43. The van der Waals surface area contributed by atoms with Gasteiger partial charge in [-0.25, -0.2) is 0 Å². The molecule has 2 heteroatoms. The highest BCUT2D eigenvalue weighted by Gasteiger charge is 2.54. The Hall–Kier alpha value is -0.0800. The average molecular weight is 138 g/mol. The fourth-order valence-electron chi connectivity index (χ4n) is 3.34. The number of fused-ring (bicyclic) bond motifs is 1. The van der Waals surface area contributed by atoms with Gasteiger partial charge in [0.15, 0.2) is 0 Å². The van der Waals surface area contributed by atoms with Crippen LogP contribution < -0.4 is 11.1 Å². The van der Waals surface area contributed by atoms with Crippen molar-refractivity contribution in [2.24, 2.45) is 23.5 Å². The molecule has 3 fully saturated rings. The first-order chi connectivity index (χ1) is 4.86. The molecule has 2 nitrogen and oxygen atoms in total. The summed E-state index contributed by atoms with van der Waals surface area (Å²) in [6, 6.07) is 1.19. The first-order valence-corrected chi connectivity index (χ1v) is 4.35. The van der Waals surface area contributed by atoms with Gasteiger partial charge in [0.1, 0.15) is 0 Å². The highest BCUT2D eigenvalue weighted by molar-refractivity contribution is 5.11. The summed E-state index contributed by atoms with van der Waals surface area (Å²) in [6.45, 7) is 1.25. The van der Waals surface area contributed by atoms with Gasteiger partial charge in [0.2, 0.25) is 0 Å². The van der Waals surface area contributed by atoms with Gasteiger partial charge in [0, 0.05) is 12.1 Å². The second-order valence-electron chi connectivity index (χ2n) is 4.17. The van der Waals surface area contributed by atoms with E-state index < -0.39 is 0 Å². The molecule has 5 atom stereocenters. The smallest absolute Gasteiger partial charge is 0.0253 e. The van der Waals surface area contributed by atoms with Crippen molar-refractivity contribution in [3.8, 4) is 0 Å². The number of nitrogens with two attached hydrogens (primary N) is 1. The van der Waals surface area contributed by atoms with Crippen molar-refractivity contribution in [1.82, 2.24) is 5.32 Å². The van der Waals surface area contributed by atoms with Crippen LogP contribution in [0.4, 0.5) is 0 Å². The Labute approximate surface area is 61.2 Å². The van der Waals surface area contributed by atoms with Gasteiger partial charge in [0.25, 0.3) is 0 Å². The third-order valence-corrected chi connectivity index (χ3v) is 3.82. The molecule has 0 spiro atoms. The van der Waals surface area contributed by atoms with Crippen molar-refractivity contribution in [3.05, 3.63) is 0 Å². The van der Waals surface area contributed by atoms with Gasteiger partial charge in [-0.05, 0) is 37.1 Å². The third kappa shape index (κ3) is 0.453. The topological polar surface area (TPSA) is 38.0 Å². The van der Waals surface area contributed by atoms with Crippen LogP contribution in [0.25, 0.3) is 0 Å². The van der Waals surface area contributed by atoms with Crippen LogP contribution >= 0.6 is 0 Å². The molecular formula is C8H14N2. The van der Waals surface area contributed by atoms with E-state index in [-0.39, 0.29) is 0 Å². The van der Waals surface area contributed by atoms with Crippen molar-refractivity contribution in [3.63, 3.8) is 0 Å². The van der Waals surface area contributed by atoms with E-state index in [2.05, 4.69) is 5.32 Å². The predicted octanol–water partition coefficient (Wildman–Crippen LogP) is -0.0585. The summed E-state index contributed by atoms with van der Waals surface area (Å²) in [7, 11) is 0. The molecule has 0 aromatic carbocycles. The van der Waals surface area contributed by atoms with Gasteiger partial charge < -0.3 is 11.1 Å². The van der Waals surface area contributed by atoms with Gasteiger partial charge in [-0.2, -0.15) is 0 Å². The second-order valence-corrected chi connectivity index (χ2v) is 4.17. The van der Waals surface area contributed by atoms with Crippen molar-refractivity contribution in [1.29, 1.82) is 0 Å². The second kappa shape index (κ2) is 1.56. The molecule has 2 unspecified atom stereocenters. The van der Waals surface area contributed by atoms with Crippen molar-refractivity contribution in [2.45, 2.75) is 24.9 Å². The molecular weight excluding hydrogens is 124 g/mol. The Morgan fingerprint density at radius 3 is 2.80 bits per heavy atom. The molecule has 10 heavy (non-hydrogen) atoms. The molecule has 0 aromatic heterocycles. The molecule has 3 aliphatic rings. The zero-order chi connectivity index (χ0) is 6.72. The first-order valence-electron chi connectivity index (χ1n) is 4.35. The van der Waals surface area contributed by atoms with Crippen LogP contribution in [0.1, 0.15) is 12.8 Å². The molecule has 3 rings (SSSR count). The molecule has 2 bridgehead atoms. The summed E-state index contributed by atoms with van der Waals surface area (Å²) in [6.07, 6.45) is 2.83. The molecule has 56 valence electrons. The lowest BCUT2D eigenvalue weighted by atomic mass is 9.87. The summed E-state index contributed by atoms with van der Waals surface area (Å²) in [4.78, 5) is 0. The summed E-state index contributed by atoms with van der Waals surface area (Å²) in [5.41, 5.74) is 6.04. The van der Waals surface area contributed by atoms with Crippen LogP contribution in [-0.4, -0.2) is 18.6 Å². The number of hydrogen-bond donors (Lipinski definition) is 2. The Morgan fingerprint density at radius 2 is 2.10 bits per heavy atom. The summed E-state index contributed by atoms with van der Waals surface area (Å²) >= 11 is 0. The van der Waals surface area contributed by atoms with Crippen molar-refractivity contribution < 1.29 is 0 Å². The lowest BCUT2D eigenvalue weighted by Crippen LogP contribution is -2.43. The van der Waals surface area contributed by atoms with E-state index in [1.807, 2.05) is 0 Å². The number of hydrogen-bond acceptors (Lipinski definition) is 2. The van der Waals surface area contributed by atoms with Crippen molar-refractivity contribution >= 4 is 0 Å². The Kier molecular flexibility index (Phi) is 0.868. The van der Waals surface area contributed by atoms with Gasteiger partial charge in [-0.1, -0.05) is 0 Å². The van der Waals surface area contributed by atoms with E-state index >= 15 is 0 Å². The third-order valence-electron chi connectivity index (χ3n) is 3.82. The van der Waals surface area contributed by atoms with Crippen LogP contribution in [0.5, 0.6) is 0 Å². The minimum atomic E-state index is 0.490. The lowest BCUT2D eigenvalue weighted by molar-refractivity contribution is 0.343. The highest BCUT2D eigenvalue weighted by atomic mass is 15.0. The lowest BCUT2D eigenvalue weighted by Gasteiger charge is -2.23. The van der Waals surface area contributed by atoms with Crippen molar-refractivity contribution in [2.75, 3.05) is 6.54 Å². The monoisotopic (exact) mass is 138 g/mol. The van der Waals surface area contributed by atoms with Crippen LogP contribution in [0, 0.1) is 17.8 Å². The zero-order valence-electron chi connectivity index (χ0n) is 6.09. The molecule has 1 heterocycles. The van der Waals surface area contributed by atoms with Gasteiger partial charge in [0.05, 0.1) is 0 Å². The minimum absolute atomic E-state index is 0.490. The van der Waals surface area contributed by atoms with Gasteiger partial charge in [-0.3, -0.25) is 0 Å². The van der Waals surface area contributed by atoms with E-state index in [4.69, 9.17) is 5.73 Å². The SMILES string of the molecule is N[C@@H]1C2NCC3C[C@H]1C[C@H]32. The summed E-state index contributed by atoms with van der Waals surface area (Å²) in [5.74, 6) is 2.82. The molecule has 0 radical (unpaired) electrons. The molecule has 0 aromatic rings. The maximum atomic E-state index is 6.04. The molecule has 1 aliphatic heterocycles. The first kappa shape index (κ1) is 5.56. The molecule has 2 saturated carbocycles. The van der Waals surface area contributed by atoms with Crippen LogP contribution in [0.3, 0.4) is 0 Å². The van der Waals surface area contributed by atoms with E-state index in [1.165, 1.54) is 19.4 Å². The normalized spacial score (nSPS) is 63.9. The Balaban J connectivity index is 2.00. The zero-order valence-corrected chi connectivity index (χ0v) is 6.09. The summed E-state index contributed by atoms with van der Waals surface area (Å²) in [5, 5.41) is 3.53. The van der Waals surface area contributed by atoms with Gasteiger partial charge >= 0.3 is 0 Å². The standard InChI is InChI=1S/C8H14N2/c9-7-4-1-5-3-10-8(7)6(5)2-4/h4-8,10H,1-3,9H2/t4-,5?,6+,7-,8?/m0/s1. The fourth-order valence-corrected chi connectivity index (χ4v) is 3.34. The fraction of sp³-hybridized carbons (Fsp3) is 1.00. The quantitative estimate of drug-likeness (QED) is 0.492. The molecule has 1 saturated heterocycles. The Morgan fingerprint density at radius 1 is 1.20 bits per heavy atom. The summed E-state index contributed by atoms with van der Waals surface area (Å²) < 4.78 is 0. The van der Waals surface area contributed by atoms with E-state index in [1.54, 1.807) is 0 Å². The van der Waals surface area contributed by atoms with E-state index in [0.717, 1.165) is 17.8 Å². The predicted molar refractivity (Wildman–Crippen MR) is 39.5 cm³/mol. The van der Waals surface area contributed by atoms with E-state index in [0.29, 0.717) is 12.1 Å². The molecule has 2 aliphatic carbocycles. The maximum absolute atomic E-state index is 6.04. The molecule has 0 amide bonds. The minimum Gasteiger partial charge on any atom is -0.326 e.